The van der Waals surface area contributed by atoms with E-state index in [1.54, 1.807) is 69.6 Å². The molecular formula is C80H72Cl2F8N10O12S2. The fraction of sp³-hybridized carbons (Fsp3) is 0.375. The van der Waals surface area contributed by atoms with Gasteiger partial charge < -0.3 is 20.1 Å². The van der Waals surface area contributed by atoms with Crippen LogP contribution in [0.1, 0.15) is 173 Å². The molecule has 6 atom stereocenters. The topological polar surface area (TPSA) is 304 Å². The predicted molar refractivity (Wildman–Crippen MR) is 403 cm³/mol. The highest BCUT2D eigenvalue weighted by atomic mass is 35.5. The van der Waals surface area contributed by atoms with E-state index >= 15 is 17.6 Å². The van der Waals surface area contributed by atoms with E-state index in [1.165, 1.54) is 37.1 Å². The Balaban J connectivity index is 0.000000199. The zero-order valence-corrected chi connectivity index (χ0v) is 65.6. The van der Waals surface area contributed by atoms with Crippen LogP contribution in [0.4, 0.5) is 35.1 Å². The van der Waals surface area contributed by atoms with Crippen molar-refractivity contribution in [2.75, 3.05) is 19.1 Å². The minimum absolute atomic E-state index is 0.0153. The van der Waals surface area contributed by atoms with Gasteiger partial charge in [0.15, 0.2) is 42.6 Å². The van der Waals surface area contributed by atoms with Crippen molar-refractivity contribution in [3.8, 4) is 45.9 Å². The lowest BCUT2D eigenvalue weighted by atomic mass is 9.86. The lowest BCUT2D eigenvalue weighted by molar-refractivity contribution is -0.121. The number of hydrogen-bond acceptors (Lipinski definition) is 17. The Morgan fingerprint density at radius 1 is 0.579 bits per heavy atom. The van der Waals surface area contributed by atoms with Gasteiger partial charge in [0.25, 0.3) is 11.8 Å². The Labute approximate surface area is 657 Å². The highest BCUT2D eigenvalue weighted by molar-refractivity contribution is 7.90. The van der Waals surface area contributed by atoms with E-state index < -0.39 is 180 Å². The molecule has 6 aromatic heterocycles. The minimum atomic E-state index is -3.56. The molecule has 14 rings (SSSR count). The molecule has 0 saturated heterocycles. The van der Waals surface area contributed by atoms with Crippen LogP contribution in [0.15, 0.2) is 84.9 Å². The van der Waals surface area contributed by atoms with E-state index in [9.17, 15) is 68.9 Å². The molecule has 596 valence electrons. The maximum Gasteiger partial charge on any atom is 0.359 e. The fourth-order valence-corrected chi connectivity index (χ4v) is 17.4. The number of aryl methyl sites for hydroxylation is 2. The van der Waals surface area contributed by atoms with E-state index in [0.29, 0.717) is 56.2 Å². The predicted octanol–water partition coefficient (Wildman–Crippen LogP) is 13.1. The third kappa shape index (κ3) is 17.0. The lowest BCUT2D eigenvalue weighted by Crippen LogP contribution is -2.24. The van der Waals surface area contributed by atoms with Gasteiger partial charge in [0, 0.05) is 119 Å². The molecule has 0 unspecified atom stereocenters. The van der Waals surface area contributed by atoms with Crippen molar-refractivity contribution in [2.24, 2.45) is 25.9 Å². The molecule has 4 aliphatic carbocycles. The number of sulfone groups is 2. The second kappa shape index (κ2) is 30.2. The second-order valence-corrected chi connectivity index (χ2v) is 35.4. The summed E-state index contributed by atoms with van der Waals surface area (Å²) >= 11 is 13.3. The summed E-state index contributed by atoms with van der Waals surface area (Å²) in [6.07, 6.45) is 1.18. The standard InChI is InChI=1S/C41H38ClF4N5O6S.C39H34ClF4N5O6S/c1-6-57-39(53)36-33-29-18-30(29)41(45,46)38(33)51(49-36)19-26(52)16-22(13-21-14-23(43)17-24(44)15-21)35-27(8-7-25(47-35)11-12-40(2,3)54)28-9-10-31(42)34-32(20-58(5,55)56)48-50(4)37(28)34;1-38(2,53)10-9-23-5-6-25(26-7-8-29(40)32-30(18-56(4,54)55)46-48(3)35(26)32)33(45-23)20(11-19-12-21(41)15-22(42)13-19)14-24(50)17-49-36-31(34(47-49)37(51)52)27-16-28(27)39(36,43)44/h7-10,14-15,17,22,29-30,54H,6,13,16,18-20H2,1-5H3;5-8,12-13,15,20,27-28,53H,11,14,16-18H2,1-4H3,(H,51,52)/t22-,29+,30-;20-,27+,28-/m11/s1. The number of carbonyl (C=O) groups is 4. The minimum Gasteiger partial charge on any atom is -0.476 e. The fourth-order valence-electron chi connectivity index (χ4n) is 15.5. The maximum absolute atomic E-state index is 15.7. The van der Waals surface area contributed by atoms with Crippen LogP contribution in [-0.4, -0.2) is 135 Å². The van der Waals surface area contributed by atoms with Crippen LogP contribution in [0.2, 0.25) is 10.0 Å². The number of aromatic nitrogens is 10. The van der Waals surface area contributed by atoms with E-state index in [0.717, 1.165) is 46.1 Å². The summed E-state index contributed by atoms with van der Waals surface area (Å²) in [7, 11) is -3.92. The van der Waals surface area contributed by atoms with E-state index in [-0.39, 0.29) is 104 Å². The van der Waals surface area contributed by atoms with Crippen LogP contribution < -0.4 is 0 Å². The van der Waals surface area contributed by atoms with Crippen molar-refractivity contribution in [2.45, 2.75) is 144 Å². The highest BCUT2D eigenvalue weighted by Gasteiger charge is 2.68. The van der Waals surface area contributed by atoms with Crippen LogP contribution >= 0.6 is 23.2 Å². The first-order chi connectivity index (χ1) is 53.3. The van der Waals surface area contributed by atoms with Gasteiger partial charge >= 0.3 is 11.9 Å². The number of pyridine rings is 2. The Hall–Kier alpha value is -10.2. The third-order valence-corrected chi connectivity index (χ3v) is 22.2. The summed E-state index contributed by atoms with van der Waals surface area (Å²) in [5.74, 6) is -9.12. The van der Waals surface area contributed by atoms with Crippen LogP contribution in [-0.2, 0) is 97.4 Å². The van der Waals surface area contributed by atoms with E-state index in [2.05, 4.69) is 44.1 Å². The van der Waals surface area contributed by atoms with Crippen molar-refractivity contribution < 1.29 is 91.2 Å². The zero-order valence-electron chi connectivity index (χ0n) is 62.4. The summed E-state index contributed by atoms with van der Waals surface area (Å²) in [6, 6.07) is 18.6. The van der Waals surface area contributed by atoms with E-state index in [4.69, 9.17) is 37.9 Å². The number of halogens is 10. The van der Waals surface area contributed by atoms with Crippen LogP contribution in [0.25, 0.3) is 44.1 Å². The number of benzene rings is 4. The van der Waals surface area contributed by atoms with Gasteiger partial charge in [0.1, 0.15) is 70.3 Å². The summed E-state index contributed by atoms with van der Waals surface area (Å²) in [4.78, 5) is 62.8. The molecule has 0 spiro atoms. The number of Topliss-reactive ketones (excluding diaryl/α,β-unsaturated/α-hetero) is 2. The zero-order chi connectivity index (χ0) is 82.7. The molecule has 0 radical (unpaired) electrons. The molecule has 0 bridgehead atoms. The number of ether oxygens (including phenoxy) is 1. The largest absolute Gasteiger partial charge is 0.476 e. The normalized spacial score (nSPS) is 17.5. The van der Waals surface area contributed by atoms with Gasteiger partial charge in [-0.2, -0.15) is 38.0 Å². The molecule has 2 fully saturated rings. The number of rotatable bonds is 23. The second-order valence-electron chi connectivity index (χ2n) is 30.3. The molecule has 4 aromatic carbocycles. The Bertz CT molecular complexity index is 6050. The summed E-state index contributed by atoms with van der Waals surface area (Å²) < 4.78 is 180. The average Bonchev–Trinajstić information content (AvgIpc) is 1.52. The number of fused-ring (bicyclic) bond motifs is 8. The number of aromatic carboxylic acids is 1. The first-order valence-electron chi connectivity index (χ1n) is 35.7. The summed E-state index contributed by atoms with van der Waals surface area (Å²) in [5.41, 5.74) is -0.876. The summed E-state index contributed by atoms with van der Waals surface area (Å²) in [6.45, 7) is 6.04. The number of ketones is 2. The molecule has 10 aromatic rings. The van der Waals surface area contributed by atoms with Gasteiger partial charge in [0.2, 0.25) is 0 Å². The first kappa shape index (κ1) is 81.8. The van der Waals surface area contributed by atoms with Crippen molar-refractivity contribution in [3.05, 3.63) is 197 Å². The Kier molecular flexibility index (Phi) is 21.7. The van der Waals surface area contributed by atoms with Crippen molar-refractivity contribution >= 4 is 88.2 Å². The molecule has 22 nitrogen and oxygen atoms in total. The van der Waals surface area contributed by atoms with Crippen molar-refractivity contribution in [3.63, 3.8) is 0 Å². The van der Waals surface area contributed by atoms with Crippen LogP contribution in [0, 0.1) is 58.8 Å². The van der Waals surface area contributed by atoms with Gasteiger partial charge in [-0.25, -0.2) is 54.0 Å². The number of aliphatic hydroxyl groups is 2. The molecular weight excluding hydrogens is 1580 g/mol. The molecule has 0 aliphatic heterocycles. The summed E-state index contributed by atoms with van der Waals surface area (Å²) in [5, 5.41) is 48.6. The number of carboxylic acid groups (broad SMARTS) is 1. The number of nitrogens with zero attached hydrogens (tertiary/aromatic N) is 10. The average molecular weight is 1650 g/mol. The monoisotopic (exact) mass is 1650 g/mol. The highest BCUT2D eigenvalue weighted by Crippen LogP contribution is 2.69. The maximum atomic E-state index is 15.7. The number of esters is 1. The van der Waals surface area contributed by atoms with E-state index in [1.807, 2.05) is 0 Å². The van der Waals surface area contributed by atoms with Gasteiger partial charge in [-0.3, -0.25) is 28.3 Å². The molecule has 3 N–H and O–H groups in total. The molecule has 2 saturated carbocycles. The van der Waals surface area contributed by atoms with Gasteiger partial charge in [-0.1, -0.05) is 47.2 Å². The van der Waals surface area contributed by atoms with Crippen LogP contribution in [0.3, 0.4) is 0 Å². The number of carboxylic acids is 1. The quantitative estimate of drug-likeness (QED) is 0.0304. The lowest BCUT2D eigenvalue weighted by Gasteiger charge is -2.22. The SMILES string of the molecule is CCOC(=O)c1nn(CC(=O)C[C@@H](Cc2cc(F)cc(F)c2)c2nc(C#CC(C)(C)O)ccc2-c2ccc(Cl)c3c(CS(C)(=O)=O)nn(C)c23)c2c1[C@H]1C[C@H]1C2(F)F.Cn1nc(CS(C)(=O)=O)c2c(Cl)ccc(-c3ccc(C#CC(C)(C)O)nc3[C@@H](CC(=O)Cn3nc(C(=O)O)c4c3C(F)(F)[C@@H]3C[C@H]43)Cc3cc(F)cc(F)c3)c21. The Morgan fingerprint density at radius 3 is 1.31 bits per heavy atom. The van der Waals surface area contributed by atoms with Crippen molar-refractivity contribution in [1.29, 1.82) is 0 Å². The number of carbonyl (C=O) groups excluding carboxylic acids is 3. The molecule has 0 amide bonds. The van der Waals surface area contributed by atoms with Crippen LogP contribution in [0.5, 0.6) is 0 Å². The molecule has 114 heavy (non-hydrogen) atoms. The first-order valence-corrected chi connectivity index (χ1v) is 40.6. The Morgan fingerprint density at radius 2 is 0.947 bits per heavy atom. The smallest absolute Gasteiger partial charge is 0.359 e. The molecule has 4 aliphatic rings. The molecule has 34 heteroatoms. The number of hydrogen-bond donors (Lipinski definition) is 3. The van der Waals surface area contributed by atoms with Gasteiger partial charge in [-0.05, 0) is 156 Å². The number of alkyl halides is 4. The van der Waals surface area contributed by atoms with Gasteiger partial charge in [0.05, 0.1) is 62.0 Å². The molecule has 6 heterocycles. The third-order valence-electron chi connectivity index (χ3n) is 20.0. The van der Waals surface area contributed by atoms with Gasteiger partial charge in [-0.15, -0.1) is 0 Å². The van der Waals surface area contributed by atoms with Crippen molar-refractivity contribution in [1.82, 2.24) is 49.1 Å².